The second-order valence-corrected chi connectivity index (χ2v) is 5.37. The highest BCUT2D eigenvalue weighted by atomic mass is 16.6. The molecule has 3 rings (SSSR count). The van der Waals surface area contributed by atoms with Crippen molar-refractivity contribution in [1.82, 2.24) is 20.3 Å². The maximum Gasteiger partial charge on any atom is 0.412 e. The number of aromatic amines is 1. The number of para-hydroxylation sites is 1. The number of H-pyrrole nitrogens is 1. The summed E-state index contributed by atoms with van der Waals surface area (Å²) in [7, 11) is 0. The van der Waals surface area contributed by atoms with Crippen molar-refractivity contribution < 1.29 is 9.53 Å². The Hall–Kier alpha value is -2.89. The molecule has 6 heteroatoms. The number of hydrogen-bond donors (Lipinski definition) is 2. The molecule has 2 aromatic heterocycles. The van der Waals surface area contributed by atoms with Crippen LogP contribution in [0.5, 0.6) is 5.75 Å². The molecule has 0 fully saturated rings. The summed E-state index contributed by atoms with van der Waals surface area (Å²) in [5.74, 6) is 0.323. The summed E-state index contributed by atoms with van der Waals surface area (Å²) in [5.41, 5.74) is 4.71. The molecule has 0 radical (unpaired) electrons. The Kier molecular flexibility index (Phi) is 4.23. The highest BCUT2D eigenvalue weighted by Gasteiger charge is 2.10. The van der Waals surface area contributed by atoms with Crippen molar-refractivity contribution in [2.75, 3.05) is 6.54 Å². The normalized spacial score (nSPS) is 10.7. The largest absolute Gasteiger partial charge is 0.412 e. The van der Waals surface area contributed by atoms with Crippen molar-refractivity contribution in [3.05, 3.63) is 53.7 Å². The molecule has 0 spiro atoms. The van der Waals surface area contributed by atoms with Crippen LogP contribution in [0.3, 0.4) is 0 Å². The minimum atomic E-state index is -0.506. The molecule has 0 aliphatic heterocycles. The van der Waals surface area contributed by atoms with Crippen LogP contribution < -0.4 is 10.1 Å². The van der Waals surface area contributed by atoms with Crippen molar-refractivity contribution in [1.29, 1.82) is 0 Å². The van der Waals surface area contributed by atoms with Gasteiger partial charge in [0.05, 0.1) is 12.4 Å². The minimum absolute atomic E-state index is 0.323. The lowest BCUT2D eigenvalue weighted by Crippen LogP contribution is -2.28. The van der Waals surface area contributed by atoms with Gasteiger partial charge in [0.2, 0.25) is 0 Å². The van der Waals surface area contributed by atoms with Gasteiger partial charge in [-0.25, -0.2) is 14.8 Å². The molecule has 0 aliphatic carbocycles. The van der Waals surface area contributed by atoms with E-state index in [4.69, 9.17) is 4.74 Å². The Balaban J connectivity index is 1.62. The lowest BCUT2D eigenvalue weighted by molar-refractivity contribution is 0.200. The van der Waals surface area contributed by atoms with Gasteiger partial charge in [-0.05, 0) is 31.4 Å². The SMILES string of the molecule is Cc1[nH]c2c(C)cccc2c1CCNC(=O)Oc1cncnc1. The third kappa shape index (κ3) is 3.31. The Morgan fingerprint density at radius 2 is 2.04 bits per heavy atom. The first-order valence-electron chi connectivity index (χ1n) is 7.42. The fourth-order valence-electron chi connectivity index (χ4n) is 2.64. The van der Waals surface area contributed by atoms with Crippen molar-refractivity contribution >= 4 is 17.0 Å². The topological polar surface area (TPSA) is 79.9 Å². The Morgan fingerprint density at radius 1 is 1.26 bits per heavy atom. The summed E-state index contributed by atoms with van der Waals surface area (Å²) in [5, 5.41) is 3.95. The van der Waals surface area contributed by atoms with Crippen molar-refractivity contribution in [2.45, 2.75) is 20.3 Å². The van der Waals surface area contributed by atoms with E-state index in [1.54, 1.807) is 0 Å². The summed E-state index contributed by atoms with van der Waals surface area (Å²) in [6.45, 7) is 4.63. The summed E-state index contributed by atoms with van der Waals surface area (Å²) < 4.78 is 5.09. The maximum absolute atomic E-state index is 11.7. The van der Waals surface area contributed by atoms with Crippen LogP contribution in [-0.4, -0.2) is 27.6 Å². The van der Waals surface area contributed by atoms with E-state index in [-0.39, 0.29) is 0 Å². The zero-order valence-electron chi connectivity index (χ0n) is 13.1. The first-order chi connectivity index (χ1) is 11.1. The van der Waals surface area contributed by atoms with Gasteiger partial charge >= 0.3 is 6.09 Å². The van der Waals surface area contributed by atoms with E-state index >= 15 is 0 Å². The molecule has 23 heavy (non-hydrogen) atoms. The molecule has 1 amide bonds. The molecular formula is C17H18N4O2. The van der Waals surface area contributed by atoms with Crippen molar-refractivity contribution in [2.24, 2.45) is 0 Å². The number of aromatic nitrogens is 3. The number of rotatable bonds is 4. The fourth-order valence-corrected chi connectivity index (χ4v) is 2.64. The van der Waals surface area contributed by atoms with Crippen molar-refractivity contribution in [3.63, 3.8) is 0 Å². The van der Waals surface area contributed by atoms with Crippen LogP contribution in [0.25, 0.3) is 10.9 Å². The predicted molar refractivity (Wildman–Crippen MR) is 87.5 cm³/mol. The van der Waals surface area contributed by atoms with Crippen LogP contribution >= 0.6 is 0 Å². The number of ether oxygens (including phenoxy) is 1. The monoisotopic (exact) mass is 310 g/mol. The molecule has 0 unspecified atom stereocenters. The van der Waals surface area contributed by atoms with Crippen LogP contribution in [0.15, 0.2) is 36.9 Å². The van der Waals surface area contributed by atoms with Gasteiger partial charge in [-0.2, -0.15) is 0 Å². The van der Waals surface area contributed by atoms with Gasteiger partial charge in [0.15, 0.2) is 5.75 Å². The van der Waals surface area contributed by atoms with Crippen LogP contribution in [0.4, 0.5) is 4.79 Å². The summed E-state index contributed by atoms with van der Waals surface area (Å²) in [6, 6.07) is 6.23. The minimum Gasteiger partial charge on any atom is -0.407 e. The zero-order valence-corrected chi connectivity index (χ0v) is 13.1. The molecule has 0 atom stereocenters. The van der Waals surface area contributed by atoms with Crippen molar-refractivity contribution in [3.8, 4) is 5.75 Å². The van der Waals surface area contributed by atoms with E-state index in [0.717, 1.165) is 17.6 Å². The number of fused-ring (bicyclic) bond motifs is 1. The summed E-state index contributed by atoms with van der Waals surface area (Å²) in [4.78, 5) is 22.7. The molecule has 0 saturated heterocycles. The van der Waals surface area contributed by atoms with Crippen LogP contribution in [-0.2, 0) is 6.42 Å². The molecule has 1 aromatic carbocycles. The number of aryl methyl sites for hydroxylation is 2. The smallest absolute Gasteiger partial charge is 0.407 e. The van der Waals surface area contributed by atoms with E-state index in [2.05, 4.69) is 46.2 Å². The van der Waals surface area contributed by atoms with E-state index < -0.39 is 6.09 Å². The summed E-state index contributed by atoms with van der Waals surface area (Å²) >= 11 is 0. The molecule has 0 bridgehead atoms. The first-order valence-corrected chi connectivity index (χ1v) is 7.42. The first kappa shape index (κ1) is 15.0. The van der Waals surface area contributed by atoms with Crippen LogP contribution in [0.1, 0.15) is 16.8 Å². The second kappa shape index (κ2) is 6.48. The number of benzene rings is 1. The van der Waals surface area contributed by atoms with E-state index in [0.29, 0.717) is 12.3 Å². The van der Waals surface area contributed by atoms with Gasteiger partial charge < -0.3 is 15.0 Å². The van der Waals surface area contributed by atoms with E-state index in [1.165, 1.54) is 35.2 Å². The van der Waals surface area contributed by atoms with E-state index in [9.17, 15) is 4.79 Å². The Morgan fingerprint density at radius 3 is 2.83 bits per heavy atom. The highest BCUT2D eigenvalue weighted by molar-refractivity contribution is 5.87. The molecule has 2 N–H and O–H groups in total. The summed E-state index contributed by atoms with van der Waals surface area (Å²) in [6.07, 6.45) is 4.49. The van der Waals surface area contributed by atoms with Crippen LogP contribution in [0.2, 0.25) is 0 Å². The molecule has 0 saturated carbocycles. The number of amides is 1. The standard InChI is InChI=1S/C17H18N4O2/c1-11-4-3-5-15-14(12(2)21-16(11)15)6-7-20-17(22)23-13-8-18-10-19-9-13/h3-5,8-10,21H,6-7H2,1-2H3,(H,20,22). The molecule has 2 heterocycles. The molecule has 3 aromatic rings. The third-order valence-electron chi connectivity index (χ3n) is 3.75. The lowest BCUT2D eigenvalue weighted by atomic mass is 10.1. The Bertz CT molecular complexity index is 827. The fraction of sp³-hybridized carbons (Fsp3) is 0.235. The quantitative estimate of drug-likeness (QED) is 0.776. The number of carbonyl (C=O) groups excluding carboxylic acids is 1. The van der Waals surface area contributed by atoms with Gasteiger partial charge in [-0.15, -0.1) is 0 Å². The average Bonchev–Trinajstić information content (AvgIpc) is 2.86. The number of nitrogens with one attached hydrogen (secondary N) is 2. The molecular weight excluding hydrogens is 292 g/mol. The average molecular weight is 310 g/mol. The molecule has 6 nitrogen and oxygen atoms in total. The lowest BCUT2D eigenvalue weighted by Gasteiger charge is -2.06. The Labute approximate surface area is 133 Å². The van der Waals surface area contributed by atoms with Gasteiger partial charge in [0.1, 0.15) is 6.33 Å². The van der Waals surface area contributed by atoms with Gasteiger partial charge in [-0.3, -0.25) is 0 Å². The van der Waals surface area contributed by atoms with Gasteiger partial charge in [0, 0.05) is 23.1 Å². The van der Waals surface area contributed by atoms with Crippen LogP contribution in [0, 0.1) is 13.8 Å². The maximum atomic E-state index is 11.7. The third-order valence-corrected chi connectivity index (χ3v) is 3.75. The van der Waals surface area contributed by atoms with E-state index in [1.807, 2.05) is 6.07 Å². The second-order valence-electron chi connectivity index (χ2n) is 5.37. The molecule has 0 aliphatic rings. The predicted octanol–water partition coefficient (Wildman–Crippen LogP) is 2.91. The van der Waals surface area contributed by atoms with Gasteiger partial charge in [0.25, 0.3) is 0 Å². The van der Waals surface area contributed by atoms with Gasteiger partial charge in [-0.1, -0.05) is 18.2 Å². The number of nitrogens with zero attached hydrogens (tertiary/aromatic N) is 2. The number of hydrogen-bond acceptors (Lipinski definition) is 4. The zero-order chi connectivity index (χ0) is 16.2. The highest BCUT2D eigenvalue weighted by Crippen LogP contribution is 2.24. The molecule has 118 valence electrons. The number of carbonyl (C=O) groups is 1.